The van der Waals surface area contributed by atoms with Crippen LogP contribution >= 0.6 is 0 Å². The van der Waals surface area contributed by atoms with Crippen molar-refractivity contribution < 1.29 is 24.6 Å². The Balaban J connectivity index is 0.000000203. The lowest BCUT2D eigenvalue weighted by Crippen LogP contribution is -2.35. The van der Waals surface area contributed by atoms with Crippen LogP contribution in [0, 0.1) is 5.41 Å². The third-order valence-electron chi connectivity index (χ3n) is 5.06. The van der Waals surface area contributed by atoms with E-state index >= 15 is 0 Å². The largest absolute Gasteiger partial charge is 0.481 e. The van der Waals surface area contributed by atoms with E-state index in [0.717, 1.165) is 38.9 Å². The Kier molecular flexibility index (Phi) is 7.70. The summed E-state index contributed by atoms with van der Waals surface area (Å²) in [4.78, 5) is 34.8. The summed E-state index contributed by atoms with van der Waals surface area (Å²) in [7, 11) is 0. The molecule has 2 aliphatic rings. The van der Waals surface area contributed by atoms with Crippen LogP contribution in [-0.2, 0) is 20.8 Å². The van der Waals surface area contributed by atoms with E-state index in [1.807, 2.05) is 6.07 Å². The predicted molar refractivity (Wildman–Crippen MR) is 106 cm³/mol. The average molecular weight is 385 g/mol. The van der Waals surface area contributed by atoms with Crippen LogP contribution in [0.2, 0.25) is 0 Å². The molecule has 1 fully saturated rings. The topological polar surface area (TPSA) is 94.9 Å². The Hall–Kier alpha value is -2.73. The number of carboxylic acids is 2. The Labute approximate surface area is 165 Å². The van der Waals surface area contributed by atoms with E-state index in [4.69, 9.17) is 10.2 Å². The fourth-order valence-electron chi connectivity index (χ4n) is 3.14. The summed E-state index contributed by atoms with van der Waals surface area (Å²) < 4.78 is 0. The van der Waals surface area contributed by atoms with Crippen molar-refractivity contribution in [1.82, 2.24) is 4.90 Å². The molecule has 0 bridgehead atoms. The summed E-state index contributed by atoms with van der Waals surface area (Å²) in [6, 6.07) is 10.5. The summed E-state index contributed by atoms with van der Waals surface area (Å²) in [6.07, 6.45) is 7.02. The van der Waals surface area contributed by atoms with Crippen LogP contribution in [-0.4, -0.2) is 52.5 Å². The molecule has 1 heterocycles. The molecule has 150 valence electrons. The lowest BCUT2D eigenvalue weighted by atomic mass is 9.80. The predicted octanol–water partition coefficient (Wildman–Crippen LogP) is 2.94. The van der Waals surface area contributed by atoms with E-state index in [1.165, 1.54) is 30.7 Å². The summed E-state index contributed by atoms with van der Waals surface area (Å²) in [5.74, 6) is -1.64. The Bertz CT molecular complexity index is 758. The Morgan fingerprint density at radius 3 is 2.32 bits per heavy atom. The number of aliphatic carboxylic acids is 2. The van der Waals surface area contributed by atoms with Gasteiger partial charge in [0.1, 0.15) is 5.78 Å². The van der Waals surface area contributed by atoms with E-state index in [1.54, 1.807) is 0 Å². The van der Waals surface area contributed by atoms with Gasteiger partial charge in [0.15, 0.2) is 0 Å². The minimum absolute atomic E-state index is 0.0359. The van der Waals surface area contributed by atoms with Crippen LogP contribution in [0.1, 0.15) is 31.7 Å². The second kappa shape index (κ2) is 9.99. The number of benzene rings is 1. The van der Waals surface area contributed by atoms with Gasteiger partial charge in [-0.25, -0.2) is 4.79 Å². The second-order valence-electron chi connectivity index (χ2n) is 7.37. The number of carboxylic acid groups (broad SMARTS) is 2. The molecule has 1 aromatic carbocycles. The van der Waals surface area contributed by atoms with Gasteiger partial charge in [-0.05, 0) is 25.3 Å². The highest BCUT2D eigenvalue weighted by Crippen LogP contribution is 2.31. The minimum atomic E-state index is -1.08. The molecule has 0 aromatic heterocycles. The minimum Gasteiger partial charge on any atom is -0.481 e. The molecule has 0 saturated carbocycles. The molecule has 2 N–H and O–H groups in total. The Morgan fingerprint density at radius 1 is 1.11 bits per heavy atom. The zero-order valence-corrected chi connectivity index (χ0v) is 16.1. The van der Waals surface area contributed by atoms with Crippen molar-refractivity contribution in [3.8, 4) is 0 Å². The molecule has 0 radical (unpaired) electrons. The third kappa shape index (κ3) is 6.46. The number of hydrogen-bond acceptors (Lipinski definition) is 4. The molecule has 0 amide bonds. The normalized spacial score (nSPS) is 22.0. The molecular formula is C22H27NO5. The van der Waals surface area contributed by atoms with Crippen molar-refractivity contribution in [3.05, 3.63) is 59.7 Å². The van der Waals surface area contributed by atoms with Crippen molar-refractivity contribution in [2.24, 2.45) is 5.41 Å². The number of piperidine rings is 1. The highest BCUT2D eigenvalue weighted by molar-refractivity contribution is 5.90. The van der Waals surface area contributed by atoms with Gasteiger partial charge in [-0.2, -0.15) is 0 Å². The van der Waals surface area contributed by atoms with E-state index in [-0.39, 0.29) is 12.0 Å². The number of likely N-dealkylation sites (tertiary alicyclic amines) is 1. The van der Waals surface area contributed by atoms with Crippen molar-refractivity contribution >= 4 is 17.7 Å². The quantitative estimate of drug-likeness (QED) is 0.809. The van der Waals surface area contributed by atoms with Gasteiger partial charge in [0.2, 0.25) is 0 Å². The number of Topliss-reactive ketones (excluding diaryl/α,β-unsaturated/α-hetero) is 1. The molecule has 28 heavy (non-hydrogen) atoms. The van der Waals surface area contributed by atoms with Crippen molar-refractivity contribution in [2.45, 2.75) is 32.6 Å². The maximum absolute atomic E-state index is 11.1. The first-order valence-electron chi connectivity index (χ1n) is 9.43. The van der Waals surface area contributed by atoms with Gasteiger partial charge < -0.3 is 15.1 Å². The maximum atomic E-state index is 11.1. The smallest absolute Gasteiger partial charge is 0.331 e. The van der Waals surface area contributed by atoms with Gasteiger partial charge in [0, 0.05) is 38.0 Å². The van der Waals surface area contributed by atoms with Gasteiger partial charge in [-0.1, -0.05) is 48.6 Å². The second-order valence-corrected chi connectivity index (χ2v) is 7.37. The highest BCUT2D eigenvalue weighted by Gasteiger charge is 2.34. The molecule has 0 spiro atoms. The van der Waals surface area contributed by atoms with Crippen LogP contribution in [0.3, 0.4) is 0 Å². The van der Waals surface area contributed by atoms with Crippen LogP contribution in [0.25, 0.3) is 0 Å². The lowest BCUT2D eigenvalue weighted by molar-refractivity contribution is -0.145. The fourth-order valence-corrected chi connectivity index (χ4v) is 3.14. The van der Waals surface area contributed by atoms with Crippen LogP contribution in [0.15, 0.2) is 54.1 Å². The van der Waals surface area contributed by atoms with E-state index < -0.39 is 17.4 Å². The standard InChI is InChI=1S/C13H17NO.C9H10O4/c15-13-7-10-14(11-8-13)9-6-12-4-2-1-3-5-12;1-9(8(12)13)4-2-3-6(5-9)7(10)11/h1-5H,6-11H2;2-4H,5H2,1H3,(H,10,11)(H,12,13). The fraction of sp³-hybridized carbons (Fsp3) is 0.409. The maximum Gasteiger partial charge on any atom is 0.331 e. The third-order valence-corrected chi connectivity index (χ3v) is 5.06. The molecular weight excluding hydrogens is 358 g/mol. The summed E-state index contributed by atoms with van der Waals surface area (Å²) in [6.45, 7) is 4.48. The lowest BCUT2D eigenvalue weighted by Gasteiger charge is -2.25. The van der Waals surface area contributed by atoms with E-state index in [0.29, 0.717) is 5.78 Å². The molecule has 1 unspecified atom stereocenters. The van der Waals surface area contributed by atoms with Crippen LogP contribution in [0.5, 0.6) is 0 Å². The van der Waals surface area contributed by atoms with Crippen LogP contribution in [0.4, 0.5) is 0 Å². The van der Waals surface area contributed by atoms with Crippen molar-refractivity contribution in [3.63, 3.8) is 0 Å². The van der Waals surface area contributed by atoms with Gasteiger partial charge >= 0.3 is 11.9 Å². The number of allylic oxidation sites excluding steroid dienone is 2. The van der Waals surface area contributed by atoms with Crippen molar-refractivity contribution in [1.29, 1.82) is 0 Å². The van der Waals surface area contributed by atoms with E-state index in [2.05, 4.69) is 29.2 Å². The number of hydrogen-bond donors (Lipinski definition) is 2. The molecule has 1 atom stereocenters. The van der Waals surface area contributed by atoms with Gasteiger partial charge in [-0.15, -0.1) is 0 Å². The zero-order chi connectivity index (χ0) is 20.6. The number of ketones is 1. The average Bonchev–Trinajstić information content (AvgIpc) is 2.69. The number of nitrogens with zero attached hydrogens (tertiary/aromatic N) is 1. The van der Waals surface area contributed by atoms with Gasteiger partial charge in [0.25, 0.3) is 0 Å². The molecule has 1 aliphatic heterocycles. The molecule has 1 aromatic rings. The summed E-state index contributed by atoms with van der Waals surface area (Å²) in [5.41, 5.74) is 0.435. The number of rotatable bonds is 5. The number of carbonyl (C=O) groups excluding carboxylic acids is 1. The zero-order valence-electron chi connectivity index (χ0n) is 16.1. The molecule has 1 aliphatic carbocycles. The van der Waals surface area contributed by atoms with Crippen molar-refractivity contribution in [2.75, 3.05) is 19.6 Å². The monoisotopic (exact) mass is 385 g/mol. The molecule has 6 heteroatoms. The summed E-state index contributed by atoms with van der Waals surface area (Å²) in [5, 5.41) is 17.5. The first-order valence-corrected chi connectivity index (χ1v) is 9.43. The molecule has 3 rings (SSSR count). The van der Waals surface area contributed by atoms with E-state index in [9.17, 15) is 14.4 Å². The van der Waals surface area contributed by atoms with Crippen LogP contribution < -0.4 is 0 Å². The molecule has 6 nitrogen and oxygen atoms in total. The van der Waals surface area contributed by atoms with Gasteiger partial charge in [-0.3, -0.25) is 9.59 Å². The highest BCUT2D eigenvalue weighted by atomic mass is 16.4. The molecule has 1 saturated heterocycles. The SMILES string of the molecule is CC1(C(=O)O)C=CC=C(C(=O)O)C1.O=C1CCN(CCc2ccccc2)CC1. The first kappa shape index (κ1) is 21.6. The van der Waals surface area contributed by atoms with Gasteiger partial charge in [0.05, 0.1) is 5.41 Å². The first-order chi connectivity index (χ1) is 13.3. The number of carbonyl (C=O) groups is 3. The Morgan fingerprint density at radius 2 is 1.75 bits per heavy atom. The summed E-state index contributed by atoms with van der Waals surface area (Å²) >= 11 is 0.